The molecule has 12 heavy (non-hydrogen) atoms. The average molecular weight is 160 g/mol. The second-order valence-electron chi connectivity index (χ2n) is 3.11. The predicted octanol–water partition coefficient (Wildman–Crippen LogP) is 2.34. The summed E-state index contributed by atoms with van der Waals surface area (Å²) >= 11 is 0. The van der Waals surface area contributed by atoms with Gasteiger partial charge >= 0.3 is 0 Å². The fraction of sp³-hybridized carbons (Fsp3) is 0.400. The van der Waals surface area contributed by atoms with E-state index >= 15 is 0 Å². The molecule has 0 bridgehead atoms. The maximum Gasteiger partial charge on any atom is 0.0907 e. The van der Waals surface area contributed by atoms with Gasteiger partial charge in [-0.2, -0.15) is 5.26 Å². The Morgan fingerprint density at radius 3 is 2.58 bits per heavy atom. The van der Waals surface area contributed by atoms with E-state index in [1.54, 1.807) is 6.20 Å². The van der Waals surface area contributed by atoms with Crippen LogP contribution >= 0.6 is 0 Å². The molecule has 0 amide bonds. The Morgan fingerprint density at radius 2 is 2.17 bits per heavy atom. The smallest absolute Gasteiger partial charge is 0.0907 e. The molecule has 0 saturated carbocycles. The molecular weight excluding hydrogens is 148 g/mol. The zero-order valence-electron chi connectivity index (χ0n) is 7.36. The van der Waals surface area contributed by atoms with Gasteiger partial charge in [-0.3, -0.25) is 4.98 Å². The molecule has 1 unspecified atom stereocenters. The minimum Gasteiger partial charge on any atom is -0.260 e. The van der Waals surface area contributed by atoms with Crippen LogP contribution in [0, 0.1) is 17.2 Å². The quantitative estimate of drug-likeness (QED) is 0.665. The van der Waals surface area contributed by atoms with E-state index in [4.69, 9.17) is 5.26 Å². The molecule has 0 N–H and O–H groups in total. The van der Waals surface area contributed by atoms with Crippen molar-refractivity contribution in [2.45, 2.75) is 19.8 Å². The van der Waals surface area contributed by atoms with Gasteiger partial charge in [0, 0.05) is 6.20 Å². The highest BCUT2D eigenvalue weighted by Gasteiger charge is 2.15. The summed E-state index contributed by atoms with van der Waals surface area (Å²) < 4.78 is 0. The third-order valence-electron chi connectivity index (χ3n) is 1.81. The van der Waals surface area contributed by atoms with Crippen molar-refractivity contribution in [2.75, 3.05) is 0 Å². The number of nitrogens with zero attached hydrogens (tertiary/aromatic N) is 2. The van der Waals surface area contributed by atoms with Crippen LogP contribution in [-0.4, -0.2) is 4.98 Å². The topological polar surface area (TPSA) is 36.7 Å². The lowest BCUT2D eigenvalue weighted by molar-refractivity contribution is 0.575. The second-order valence-corrected chi connectivity index (χ2v) is 3.11. The molecule has 0 aliphatic rings. The molecule has 0 aliphatic carbocycles. The van der Waals surface area contributed by atoms with Crippen molar-refractivity contribution in [3.05, 3.63) is 30.1 Å². The Bertz CT molecular complexity index is 272. The van der Waals surface area contributed by atoms with Gasteiger partial charge in [0.1, 0.15) is 0 Å². The van der Waals surface area contributed by atoms with Crippen molar-refractivity contribution in [1.82, 2.24) is 4.98 Å². The lowest BCUT2D eigenvalue weighted by atomic mass is 9.94. The van der Waals surface area contributed by atoms with Crippen LogP contribution in [0.3, 0.4) is 0 Å². The Labute approximate surface area is 72.9 Å². The van der Waals surface area contributed by atoms with Crippen LogP contribution in [0.2, 0.25) is 0 Å². The van der Waals surface area contributed by atoms with Gasteiger partial charge in [-0.05, 0) is 18.1 Å². The van der Waals surface area contributed by atoms with Gasteiger partial charge in [-0.25, -0.2) is 0 Å². The summed E-state index contributed by atoms with van der Waals surface area (Å²) in [7, 11) is 0. The first-order valence-electron chi connectivity index (χ1n) is 4.06. The van der Waals surface area contributed by atoms with Crippen molar-refractivity contribution in [3.8, 4) is 6.07 Å². The van der Waals surface area contributed by atoms with Crippen molar-refractivity contribution < 1.29 is 0 Å². The largest absolute Gasteiger partial charge is 0.260 e. The Balaban J connectivity index is 2.90. The van der Waals surface area contributed by atoms with Gasteiger partial charge < -0.3 is 0 Å². The zero-order valence-corrected chi connectivity index (χ0v) is 7.36. The molecule has 62 valence electrons. The lowest BCUT2D eigenvalue weighted by Crippen LogP contribution is -2.05. The van der Waals surface area contributed by atoms with Crippen LogP contribution in [0.5, 0.6) is 0 Å². The van der Waals surface area contributed by atoms with Crippen LogP contribution in [0.4, 0.5) is 0 Å². The molecule has 2 nitrogen and oxygen atoms in total. The molecule has 0 fully saturated rings. The fourth-order valence-electron chi connectivity index (χ4n) is 1.12. The van der Waals surface area contributed by atoms with Gasteiger partial charge in [-0.15, -0.1) is 0 Å². The molecular formula is C10H12N2. The number of hydrogen-bond acceptors (Lipinski definition) is 2. The molecule has 1 heterocycles. The SMILES string of the molecule is CC(C)C(C#N)c1ccccn1. The van der Waals surface area contributed by atoms with Crippen LogP contribution < -0.4 is 0 Å². The maximum absolute atomic E-state index is 8.86. The van der Waals surface area contributed by atoms with Gasteiger partial charge in [0.2, 0.25) is 0 Å². The lowest BCUT2D eigenvalue weighted by Gasteiger charge is -2.10. The van der Waals surface area contributed by atoms with Crippen LogP contribution in [-0.2, 0) is 0 Å². The number of pyridine rings is 1. The molecule has 1 rings (SSSR count). The third-order valence-corrected chi connectivity index (χ3v) is 1.81. The van der Waals surface area contributed by atoms with Crippen LogP contribution in [0.25, 0.3) is 0 Å². The summed E-state index contributed by atoms with van der Waals surface area (Å²) in [6.45, 7) is 4.06. The molecule has 2 heteroatoms. The molecule has 1 aromatic heterocycles. The molecule has 0 aromatic carbocycles. The van der Waals surface area contributed by atoms with E-state index < -0.39 is 0 Å². The summed E-state index contributed by atoms with van der Waals surface area (Å²) in [6, 6.07) is 7.92. The minimum atomic E-state index is -0.0776. The monoisotopic (exact) mass is 160 g/mol. The van der Waals surface area contributed by atoms with E-state index in [9.17, 15) is 0 Å². The Kier molecular flexibility index (Phi) is 2.82. The number of hydrogen-bond donors (Lipinski definition) is 0. The highest BCUT2D eigenvalue weighted by atomic mass is 14.7. The Morgan fingerprint density at radius 1 is 1.42 bits per heavy atom. The second kappa shape index (κ2) is 3.87. The standard InChI is InChI=1S/C10H12N2/c1-8(2)9(7-11)10-5-3-4-6-12-10/h3-6,8-9H,1-2H3. The minimum absolute atomic E-state index is 0.0776. The van der Waals surface area contributed by atoms with Crippen LogP contribution in [0.1, 0.15) is 25.5 Å². The summed E-state index contributed by atoms with van der Waals surface area (Å²) in [5.74, 6) is 0.246. The van der Waals surface area contributed by atoms with E-state index in [1.165, 1.54) is 0 Å². The van der Waals surface area contributed by atoms with Gasteiger partial charge in [0.05, 0.1) is 17.7 Å². The molecule has 0 spiro atoms. The summed E-state index contributed by atoms with van der Waals surface area (Å²) in [4.78, 5) is 4.15. The van der Waals surface area contributed by atoms with E-state index in [2.05, 4.69) is 11.1 Å². The van der Waals surface area contributed by atoms with Crippen molar-refractivity contribution >= 4 is 0 Å². The zero-order chi connectivity index (χ0) is 8.97. The highest BCUT2D eigenvalue weighted by molar-refractivity contribution is 5.17. The first-order valence-corrected chi connectivity index (χ1v) is 4.06. The van der Waals surface area contributed by atoms with Gasteiger partial charge in [0.15, 0.2) is 0 Å². The van der Waals surface area contributed by atoms with Crippen molar-refractivity contribution in [3.63, 3.8) is 0 Å². The first-order chi connectivity index (χ1) is 5.75. The van der Waals surface area contributed by atoms with E-state index in [1.807, 2.05) is 32.0 Å². The maximum atomic E-state index is 8.86. The highest BCUT2D eigenvalue weighted by Crippen LogP contribution is 2.20. The van der Waals surface area contributed by atoms with E-state index in [0.29, 0.717) is 5.92 Å². The summed E-state index contributed by atoms with van der Waals surface area (Å²) in [5, 5.41) is 8.86. The summed E-state index contributed by atoms with van der Waals surface area (Å²) in [5.41, 5.74) is 0.870. The van der Waals surface area contributed by atoms with E-state index in [-0.39, 0.29) is 5.92 Å². The molecule has 0 saturated heterocycles. The van der Waals surface area contributed by atoms with Crippen molar-refractivity contribution in [2.24, 2.45) is 5.92 Å². The number of nitriles is 1. The Hall–Kier alpha value is -1.36. The predicted molar refractivity (Wildman–Crippen MR) is 47.4 cm³/mol. The third kappa shape index (κ3) is 1.82. The fourth-order valence-corrected chi connectivity index (χ4v) is 1.12. The molecule has 0 aliphatic heterocycles. The van der Waals surface area contributed by atoms with Crippen molar-refractivity contribution in [1.29, 1.82) is 5.26 Å². The van der Waals surface area contributed by atoms with Crippen LogP contribution in [0.15, 0.2) is 24.4 Å². The first kappa shape index (κ1) is 8.73. The molecule has 1 atom stereocenters. The molecule has 0 radical (unpaired) electrons. The van der Waals surface area contributed by atoms with Gasteiger partial charge in [0.25, 0.3) is 0 Å². The normalized spacial score (nSPS) is 12.5. The van der Waals surface area contributed by atoms with E-state index in [0.717, 1.165) is 5.69 Å². The average Bonchev–Trinajstić information content (AvgIpc) is 2.07. The summed E-state index contributed by atoms with van der Waals surface area (Å²) in [6.07, 6.45) is 1.72. The molecule has 1 aromatic rings. The van der Waals surface area contributed by atoms with Gasteiger partial charge in [-0.1, -0.05) is 19.9 Å². The number of aromatic nitrogens is 1. The number of rotatable bonds is 2.